The van der Waals surface area contributed by atoms with Crippen molar-refractivity contribution >= 4 is 15.8 Å². The van der Waals surface area contributed by atoms with Gasteiger partial charge >= 0.3 is 0 Å². The lowest BCUT2D eigenvalue weighted by molar-refractivity contribution is 0.0720. The number of hydrogen-bond acceptors (Lipinski definition) is 6. The van der Waals surface area contributed by atoms with Crippen LogP contribution in [0.4, 0.5) is 0 Å². The summed E-state index contributed by atoms with van der Waals surface area (Å²) in [6.07, 6.45) is 1.14. The molecule has 0 aliphatic carbocycles. The van der Waals surface area contributed by atoms with E-state index in [1.807, 2.05) is 6.07 Å². The number of sulfonamides is 1. The van der Waals surface area contributed by atoms with Crippen LogP contribution < -0.4 is 4.74 Å². The Kier molecular flexibility index (Phi) is 4.53. The van der Waals surface area contributed by atoms with E-state index in [-0.39, 0.29) is 29.9 Å². The molecule has 1 fully saturated rings. The molecule has 1 aliphatic rings. The first kappa shape index (κ1) is 17.1. The lowest BCUT2D eigenvalue weighted by Crippen LogP contribution is -2.56. The predicted molar refractivity (Wildman–Crippen MR) is 88.6 cm³/mol. The van der Waals surface area contributed by atoms with Gasteiger partial charge in [-0.05, 0) is 25.1 Å². The van der Waals surface area contributed by atoms with Crippen LogP contribution in [0.3, 0.4) is 0 Å². The zero-order chi connectivity index (χ0) is 18.0. The molecule has 0 atom stereocenters. The molecule has 128 valence electrons. The van der Waals surface area contributed by atoms with Gasteiger partial charge in [-0.15, -0.1) is 0 Å². The second kappa shape index (κ2) is 6.63. The number of aromatic nitrogens is 1. The van der Waals surface area contributed by atoms with Gasteiger partial charge in [0.25, 0.3) is 0 Å². The molecule has 3 rings (SSSR count). The molecule has 0 amide bonds. The SMILES string of the molecule is CC(=O)c1cccc(S(=O)(=O)N2CC(Oc3cc(C#N)ccn3)C2)c1. The van der Waals surface area contributed by atoms with Gasteiger partial charge in [0.1, 0.15) is 6.10 Å². The van der Waals surface area contributed by atoms with Crippen LogP contribution >= 0.6 is 0 Å². The van der Waals surface area contributed by atoms with Crippen molar-refractivity contribution in [3.8, 4) is 11.9 Å². The molecule has 1 saturated heterocycles. The molecular weight excluding hydrogens is 342 g/mol. The zero-order valence-corrected chi connectivity index (χ0v) is 14.2. The van der Waals surface area contributed by atoms with E-state index in [0.29, 0.717) is 17.0 Å². The summed E-state index contributed by atoms with van der Waals surface area (Å²) in [5, 5.41) is 8.86. The number of nitriles is 1. The lowest BCUT2D eigenvalue weighted by Gasteiger charge is -2.37. The predicted octanol–water partition coefficient (Wildman–Crippen LogP) is 1.61. The van der Waals surface area contributed by atoms with E-state index < -0.39 is 10.0 Å². The van der Waals surface area contributed by atoms with Gasteiger partial charge in [-0.25, -0.2) is 13.4 Å². The topological polar surface area (TPSA) is 100 Å². The molecule has 7 nitrogen and oxygen atoms in total. The van der Waals surface area contributed by atoms with Crippen LogP contribution in [0.15, 0.2) is 47.5 Å². The molecule has 25 heavy (non-hydrogen) atoms. The van der Waals surface area contributed by atoms with Crippen LogP contribution in [0.2, 0.25) is 0 Å². The summed E-state index contributed by atoms with van der Waals surface area (Å²) in [7, 11) is -3.67. The molecule has 1 aliphatic heterocycles. The highest BCUT2D eigenvalue weighted by Gasteiger charge is 2.38. The average Bonchev–Trinajstić information content (AvgIpc) is 2.57. The van der Waals surface area contributed by atoms with Crippen LogP contribution in [0.1, 0.15) is 22.8 Å². The Bertz CT molecular complexity index is 960. The number of hydrogen-bond donors (Lipinski definition) is 0. The Hall–Kier alpha value is -2.76. The quantitative estimate of drug-likeness (QED) is 0.754. The van der Waals surface area contributed by atoms with Gasteiger partial charge in [-0.1, -0.05) is 12.1 Å². The maximum absolute atomic E-state index is 12.6. The molecular formula is C17H15N3O4S. The Balaban J connectivity index is 1.68. The number of ether oxygens (including phenoxy) is 1. The highest BCUT2D eigenvalue weighted by molar-refractivity contribution is 7.89. The standard InChI is InChI=1S/C17H15N3O4S/c1-12(21)14-3-2-4-16(8-14)25(22,23)20-10-15(11-20)24-17-7-13(9-18)5-6-19-17/h2-8,15H,10-11H2,1H3. The van der Waals surface area contributed by atoms with Gasteiger partial charge < -0.3 is 4.74 Å². The normalized spacial score (nSPS) is 15.2. The Labute approximate surface area is 145 Å². The maximum Gasteiger partial charge on any atom is 0.243 e. The van der Waals surface area contributed by atoms with E-state index in [9.17, 15) is 13.2 Å². The number of rotatable bonds is 5. The molecule has 2 aromatic rings. The summed E-state index contributed by atoms with van der Waals surface area (Å²) in [5.74, 6) is 0.102. The maximum atomic E-state index is 12.6. The average molecular weight is 357 g/mol. The molecule has 0 bridgehead atoms. The fourth-order valence-corrected chi connectivity index (χ4v) is 3.96. The second-order valence-electron chi connectivity index (χ2n) is 5.64. The summed E-state index contributed by atoms with van der Waals surface area (Å²) in [6.45, 7) is 1.76. The van der Waals surface area contributed by atoms with Crippen molar-refractivity contribution in [3.63, 3.8) is 0 Å². The van der Waals surface area contributed by atoms with Crippen LogP contribution in [0, 0.1) is 11.3 Å². The highest BCUT2D eigenvalue weighted by atomic mass is 32.2. The number of nitrogens with zero attached hydrogens (tertiary/aromatic N) is 3. The van der Waals surface area contributed by atoms with Crippen LogP contribution in [-0.2, 0) is 10.0 Å². The molecule has 0 N–H and O–H groups in total. The molecule has 1 aromatic carbocycles. The first-order chi connectivity index (χ1) is 11.9. The van der Waals surface area contributed by atoms with Crippen molar-refractivity contribution in [1.82, 2.24) is 9.29 Å². The monoisotopic (exact) mass is 357 g/mol. The third kappa shape index (κ3) is 3.52. The van der Waals surface area contributed by atoms with Crippen molar-refractivity contribution in [2.24, 2.45) is 0 Å². The molecule has 1 aromatic heterocycles. The fourth-order valence-electron chi connectivity index (χ4n) is 2.41. The minimum Gasteiger partial charge on any atom is -0.471 e. The second-order valence-corrected chi connectivity index (χ2v) is 7.58. The molecule has 8 heteroatoms. The van der Waals surface area contributed by atoms with E-state index in [0.717, 1.165) is 0 Å². The molecule has 2 heterocycles. The molecule has 0 radical (unpaired) electrons. The third-order valence-corrected chi connectivity index (χ3v) is 5.67. The summed E-state index contributed by atoms with van der Waals surface area (Å²) in [4.78, 5) is 15.5. The summed E-state index contributed by atoms with van der Waals surface area (Å²) in [6, 6.07) is 11.0. The summed E-state index contributed by atoms with van der Waals surface area (Å²) in [5.41, 5.74) is 0.779. The molecule has 0 unspecified atom stereocenters. The van der Waals surface area contributed by atoms with Gasteiger partial charge in [0, 0.05) is 17.8 Å². The first-order valence-corrected chi connectivity index (χ1v) is 8.98. The van der Waals surface area contributed by atoms with E-state index in [2.05, 4.69) is 4.98 Å². The van der Waals surface area contributed by atoms with Crippen LogP contribution in [-0.4, -0.2) is 42.7 Å². The Morgan fingerprint density at radius 3 is 2.76 bits per heavy atom. The number of Topliss-reactive ketones (excluding diaryl/α,β-unsaturated/α-hetero) is 1. The van der Waals surface area contributed by atoms with E-state index in [4.69, 9.17) is 10.00 Å². The van der Waals surface area contributed by atoms with Gasteiger partial charge in [0.15, 0.2) is 5.78 Å². The number of ketones is 1. The molecule has 0 saturated carbocycles. The summed E-state index contributed by atoms with van der Waals surface area (Å²) >= 11 is 0. The third-order valence-electron chi connectivity index (χ3n) is 3.84. The van der Waals surface area contributed by atoms with Crippen molar-refractivity contribution in [1.29, 1.82) is 5.26 Å². The number of carbonyl (C=O) groups excluding carboxylic acids is 1. The van der Waals surface area contributed by atoms with E-state index in [1.165, 1.54) is 35.6 Å². The number of benzene rings is 1. The van der Waals surface area contributed by atoms with Crippen molar-refractivity contribution in [3.05, 3.63) is 53.7 Å². The van der Waals surface area contributed by atoms with Crippen molar-refractivity contribution < 1.29 is 17.9 Å². The van der Waals surface area contributed by atoms with E-state index in [1.54, 1.807) is 18.2 Å². The van der Waals surface area contributed by atoms with Crippen molar-refractivity contribution in [2.45, 2.75) is 17.9 Å². The lowest BCUT2D eigenvalue weighted by atomic mass is 10.2. The first-order valence-electron chi connectivity index (χ1n) is 7.54. The zero-order valence-electron chi connectivity index (χ0n) is 13.4. The largest absolute Gasteiger partial charge is 0.471 e. The van der Waals surface area contributed by atoms with Crippen molar-refractivity contribution in [2.75, 3.05) is 13.1 Å². The minimum atomic E-state index is -3.67. The van der Waals surface area contributed by atoms with Gasteiger partial charge in [0.05, 0.1) is 29.6 Å². The van der Waals surface area contributed by atoms with Crippen LogP contribution in [0.5, 0.6) is 5.88 Å². The molecule has 0 spiro atoms. The number of carbonyl (C=O) groups is 1. The van der Waals surface area contributed by atoms with Crippen LogP contribution in [0.25, 0.3) is 0 Å². The number of pyridine rings is 1. The summed E-state index contributed by atoms with van der Waals surface area (Å²) < 4.78 is 32.1. The van der Waals surface area contributed by atoms with Gasteiger partial charge in [-0.3, -0.25) is 4.79 Å². The highest BCUT2D eigenvalue weighted by Crippen LogP contribution is 2.25. The van der Waals surface area contributed by atoms with E-state index >= 15 is 0 Å². The smallest absolute Gasteiger partial charge is 0.243 e. The van der Waals surface area contributed by atoms with Gasteiger partial charge in [0.2, 0.25) is 15.9 Å². The minimum absolute atomic E-state index is 0.0863. The Morgan fingerprint density at radius 2 is 2.08 bits per heavy atom. The van der Waals surface area contributed by atoms with Gasteiger partial charge in [-0.2, -0.15) is 9.57 Å². The fraction of sp³-hybridized carbons (Fsp3) is 0.235. The Morgan fingerprint density at radius 1 is 1.32 bits per heavy atom.